The third kappa shape index (κ3) is 2.99. The third-order valence-electron chi connectivity index (χ3n) is 7.60. The Bertz CT molecular complexity index is 2120. The normalized spacial score (nSPS) is 11.7. The van der Waals surface area contributed by atoms with Crippen LogP contribution in [0.2, 0.25) is 0 Å². The van der Waals surface area contributed by atoms with Crippen molar-refractivity contribution < 1.29 is 0 Å². The SMILES string of the molecule is c1ccc(-n2c3ccncc3c3cc(-c4cccc5c4c4ccccc4n5-c4ccccc4)ccc32)cc1. The fraction of sp³-hybridized carbons (Fsp3) is 0. The molecule has 0 fully saturated rings. The molecule has 0 aliphatic heterocycles. The average Bonchev–Trinajstić information content (AvgIpc) is 3.51. The minimum absolute atomic E-state index is 1.15. The zero-order chi connectivity index (χ0) is 25.1. The molecule has 3 heterocycles. The van der Waals surface area contributed by atoms with Crippen LogP contribution in [0.4, 0.5) is 0 Å². The van der Waals surface area contributed by atoms with Crippen LogP contribution in [0.15, 0.2) is 140 Å². The molecule has 3 aromatic heterocycles. The van der Waals surface area contributed by atoms with Crippen molar-refractivity contribution in [1.29, 1.82) is 0 Å². The van der Waals surface area contributed by atoms with Crippen LogP contribution < -0.4 is 0 Å². The summed E-state index contributed by atoms with van der Waals surface area (Å²) >= 11 is 0. The van der Waals surface area contributed by atoms with Gasteiger partial charge in [-0.15, -0.1) is 0 Å². The van der Waals surface area contributed by atoms with Gasteiger partial charge in [-0.1, -0.05) is 72.8 Å². The molecule has 178 valence electrons. The Balaban J connectivity index is 1.44. The van der Waals surface area contributed by atoms with Crippen molar-refractivity contribution in [3.05, 3.63) is 140 Å². The van der Waals surface area contributed by atoms with Crippen molar-refractivity contribution in [2.75, 3.05) is 0 Å². The van der Waals surface area contributed by atoms with Gasteiger partial charge in [0.05, 0.1) is 22.1 Å². The van der Waals surface area contributed by atoms with Gasteiger partial charge < -0.3 is 9.13 Å². The molecule has 0 saturated carbocycles. The molecule has 0 aliphatic rings. The van der Waals surface area contributed by atoms with Gasteiger partial charge in [-0.3, -0.25) is 4.98 Å². The fourth-order valence-corrected chi connectivity index (χ4v) is 6.00. The molecule has 0 atom stereocenters. The van der Waals surface area contributed by atoms with E-state index < -0.39 is 0 Å². The molecule has 0 radical (unpaired) electrons. The van der Waals surface area contributed by atoms with E-state index in [0.717, 1.165) is 16.6 Å². The van der Waals surface area contributed by atoms with Crippen LogP contribution in [0.1, 0.15) is 0 Å². The van der Waals surface area contributed by atoms with Gasteiger partial charge in [-0.2, -0.15) is 0 Å². The summed E-state index contributed by atoms with van der Waals surface area (Å²) in [6.07, 6.45) is 3.86. The number of nitrogens with zero attached hydrogens (tertiary/aromatic N) is 3. The van der Waals surface area contributed by atoms with Gasteiger partial charge in [0.2, 0.25) is 0 Å². The molecule has 0 aliphatic carbocycles. The lowest BCUT2D eigenvalue weighted by Gasteiger charge is -2.10. The molecule has 0 saturated heterocycles. The number of hydrogen-bond donors (Lipinski definition) is 0. The van der Waals surface area contributed by atoms with E-state index in [4.69, 9.17) is 0 Å². The van der Waals surface area contributed by atoms with Crippen molar-refractivity contribution >= 4 is 43.6 Å². The van der Waals surface area contributed by atoms with Crippen molar-refractivity contribution in [3.8, 4) is 22.5 Å². The van der Waals surface area contributed by atoms with Crippen LogP contribution in [0, 0.1) is 0 Å². The molecule has 3 heteroatoms. The lowest BCUT2D eigenvalue weighted by atomic mass is 9.98. The topological polar surface area (TPSA) is 22.8 Å². The summed E-state index contributed by atoms with van der Waals surface area (Å²) in [5, 5.41) is 4.90. The lowest BCUT2D eigenvalue weighted by Crippen LogP contribution is -1.93. The molecule has 0 N–H and O–H groups in total. The molecule has 5 aromatic carbocycles. The molecule has 3 nitrogen and oxygen atoms in total. The first-order valence-corrected chi connectivity index (χ1v) is 12.9. The van der Waals surface area contributed by atoms with E-state index in [0.29, 0.717) is 0 Å². The van der Waals surface area contributed by atoms with Crippen LogP contribution in [-0.4, -0.2) is 14.1 Å². The van der Waals surface area contributed by atoms with E-state index in [1.165, 1.54) is 49.5 Å². The largest absolute Gasteiger partial charge is 0.309 e. The number of benzene rings is 5. The lowest BCUT2D eigenvalue weighted by molar-refractivity contribution is 1.17. The highest BCUT2D eigenvalue weighted by atomic mass is 15.0. The van der Waals surface area contributed by atoms with E-state index in [1.807, 2.05) is 12.4 Å². The first kappa shape index (κ1) is 21.0. The Hall–Kier alpha value is -5.15. The standard InChI is InChI=1S/C35H23N3/c1-3-10-25(11-4-1)37-32-19-18-24(22-29(32)30-23-36-21-20-33(30)37)27-15-9-17-34-35(27)28-14-7-8-16-31(28)38(34)26-12-5-2-6-13-26/h1-23H. The van der Waals surface area contributed by atoms with Crippen LogP contribution in [0.25, 0.3) is 66.1 Å². The quantitative estimate of drug-likeness (QED) is 0.245. The van der Waals surface area contributed by atoms with Crippen molar-refractivity contribution in [2.24, 2.45) is 0 Å². The maximum atomic E-state index is 4.48. The summed E-state index contributed by atoms with van der Waals surface area (Å²) in [5.74, 6) is 0. The number of para-hydroxylation sites is 3. The molecule has 8 rings (SSSR count). The third-order valence-corrected chi connectivity index (χ3v) is 7.60. The number of fused-ring (bicyclic) bond motifs is 6. The minimum atomic E-state index is 1.15. The van der Waals surface area contributed by atoms with Crippen LogP contribution in [0.5, 0.6) is 0 Å². The monoisotopic (exact) mass is 485 g/mol. The second-order valence-electron chi connectivity index (χ2n) is 9.68. The minimum Gasteiger partial charge on any atom is -0.309 e. The number of hydrogen-bond acceptors (Lipinski definition) is 1. The highest BCUT2D eigenvalue weighted by Crippen LogP contribution is 2.40. The van der Waals surface area contributed by atoms with Crippen molar-refractivity contribution in [1.82, 2.24) is 14.1 Å². The van der Waals surface area contributed by atoms with E-state index in [1.54, 1.807) is 0 Å². The van der Waals surface area contributed by atoms with Gasteiger partial charge in [0, 0.05) is 45.3 Å². The second kappa shape index (κ2) is 8.19. The molecule has 0 bridgehead atoms. The van der Waals surface area contributed by atoms with Crippen molar-refractivity contribution in [3.63, 3.8) is 0 Å². The molecule has 0 amide bonds. The maximum absolute atomic E-state index is 4.48. The number of aromatic nitrogens is 3. The predicted molar refractivity (Wildman–Crippen MR) is 158 cm³/mol. The molecular formula is C35H23N3. The molecule has 38 heavy (non-hydrogen) atoms. The van der Waals surface area contributed by atoms with Crippen LogP contribution in [-0.2, 0) is 0 Å². The predicted octanol–water partition coefficient (Wildman–Crippen LogP) is 8.94. The first-order valence-electron chi connectivity index (χ1n) is 12.9. The smallest absolute Gasteiger partial charge is 0.0571 e. The molecular weight excluding hydrogens is 462 g/mol. The first-order chi connectivity index (χ1) is 18.9. The highest BCUT2D eigenvalue weighted by Gasteiger charge is 2.18. The van der Waals surface area contributed by atoms with E-state index in [9.17, 15) is 0 Å². The summed E-state index contributed by atoms with van der Waals surface area (Å²) in [5.41, 5.74) is 9.53. The van der Waals surface area contributed by atoms with E-state index >= 15 is 0 Å². The zero-order valence-corrected chi connectivity index (χ0v) is 20.6. The number of rotatable bonds is 3. The Morgan fingerprint density at radius 1 is 0.447 bits per heavy atom. The maximum Gasteiger partial charge on any atom is 0.0571 e. The summed E-state index contributed by atoms with van der Waals surface area (Å²) in [4.78, 5) is 4.48. The Morgan fingerprint density at radius 3 is 1.87 bits per heavy atom. The van der Waals surface area contributed by atoms with Gasteiger partial charge in [-0.25, -0.2) is 0 Å². The Morgan fingerprint density at radius 2 is 1.08 bits per heavy atom. The van der Waals surface area contributed by atoms with Gasteiger partial charge in [0.15, 0.2) is 0 Å². The number of pyridine rings is 1. The molecule has 0 unspecified atom stereocenters. The van der Waals surface area contributed by atoms with E-state index in [-0.39, 0.29) is 0 Å². The summed E-state index contributed by atoms with van der Waals surface area (Å²) in [7, 11) is 0. The highest BCUT2D eigenvalue weighted by molar-refractivity contribution is 6.17. The molecule has 8 aromatic rings. The molecule has 0 spiro atoms. The summed E-state index contributed by atoms with van der Waals surface area (Å²) in [6, 6.07) is 45.5. The summed E-state index contributed by atoms with van der Waals surface area (Å²) in [6.45, 7) is 0. The van der Waals surface area contributed by atoms with E-state index in [2.05, 4.69) is 142 Å². The summed E-state index contributed by atoms with van der Waals surface area (Å²) < 4.78 is 4.70. The van der Waals surface area contributed by atoms with Gasteiger partial charge in [0.25, 0.3) is 0 Å². The fourth-order valence-electron chi connectivity index (χ4n) is 6.00. The Labute approximate surface area is 219 Å². The van der Waals surface area contributed by atoms with Gasteiger partial charge in [-0.05, 0) is 65.7 Å². The Kier molecular flexibility index (Phi) is 4.52. The van der Waals surface area contributed by atoms with Crippen LogP contribution >= 0.6 is 0 Å². The van der Waals surface area contributed by atoms with Crippen molar-refractivity contribution in [2.45, 2.75) is 0 Å². The average molecular weight is 486 g/mol. The van der Waals surface area contributed by atoms with Gasteiger partial charge >= 0.3 is 0 Å². The van der Waals surface area contributed by atoms with Gasteiger partial charge in [0.1, 0.15) is 0 Å². The zero-order valence-electron chi connectivity index (χ0n) is 20.6. The van der Waals surface area contributed by atoms with Crippen LogP contribution in [0.3, 0.4) is 0 Å². The second-order valence-corrected chi connectivity index (χ2v) is 9.68.